The van der Waals surface area contributed by atoms with Gasteiger partial charge in [0, 0.05) is 13.0 Å². The Morgan fingerprint density at radius 3 is 3.00 bits per heavy atom. The number of fused-ring (bicyclic) bond motifs is 1. The molecule has 0 aromatic heterocycles. The van der Waals surface area contributed by atoms with E-state index in [9.17, 15) is 4.79 Å². The average molecular weight is 226 g/mol. The van der Waals surface area contributed by atoms with Crippen LogP contribution in [0.2, 0.25) is 0 Å². The molecule has 1 aliphatic carbocycles. The van der Waals surface area contributed by atoms with Crippen LogP contribution < -0.4 is 5.73 Å². The third-order valence-corrected chi connectivity index (χ3v) is 3.65. The zero-order valence-corrected chi connectivity index (χ0v) is 9.86. The highest BCUT2D eigenvalue weighted by atomic mass is 16.5. The molecule has 0 bridgehead atoms. The zero-order valence-electron chi connectivity index (χ0n) is 9.86. The SMILES string of the molecule is NCCCC(=O)N1CCOC2CCCCC21. The highest BCUT2D eigenvalue weighted by Crippen LogP contribution is 2.28. The van der Waals surface area contributed by atoms with Gasteiger partial charge in [-0.05, 0) is 25.8 Å². The predicted octanol–water partition coefficient (Wildman–Crippen LogP) is 0.895. The first-order chi connectivity index (χ1) is 7.83. The van der Waals surface area contributed by atoms with Gasteiger partial charge < -0.3 is 15.4 Å². The first-order valence-corrected chi connectivity index (χ1v) is 6.44. The van der Waals surface area contributed by atoms with Gasteiger partial charge in [-0.2, -0.15) is 0 Å². The molecule has 92 valence electrons. The summed E-state index contributed by atoms with van der Waals surface area (Å²) in [7, 11) is 0. The van der Waals surface area contributed by atoms with Crippen LogP contribution in [0.4, 0.5) is 0 Å². The minimum Gasteiger partial charge on any atom is -0.374 e. The molecule has 16 heavy (non-hydrogen) atoms. The summed E-state index contributed by atoms with van der Waals surface area (Å²) < 4.78 is 5.75. The maximum absolute atomic E-state index is 12.0. The minimum atomic E-state index is 0.269. The van der Waals surface area contributed by atoms with Crippen molar-refractivity contribution in [1.29, 1.82) is 0 Å². The first-order valence-electron chi connectivity index (χ1n) is 6.44. The van der Waals surface area contributed by atoms with Crippen molar-refractivity contribution < 1.29 is 9.53 Å². The van der Waals surface area contributed by atoms with E-state index in [4.69, 9.17) is 10.5 Å². The lowest BCUT2D eigenvalue weighted by atomic mass is 9.90. The summed E-state index contributed by atoms with van der Waals surface area (Å²) >= 11 is 0. The van der Waals surface area contributed by atoms with Crippen LogP contribution in [0.3, 0.4) is 0 Å². The number of nitrogens with two attached hydrogens (primary N) is 1. The maximum atomic E-state index is 12.0. The summed E-state index contributed by atoms with van der Waals surface area (Å²) in [6.07, 6.45) is 6.39. The molecule has 0 radical (unpaired) electrons. The quantitative estimate of drug-likeness (QED) is 0.777. The Balaban J connectivity index is 1.93. The van der Waals surface area contributed by atoms with E-state index in [-0.39, 0.29) is 5.91 Å². The Hall–Kier alpha value is -0.610. The number of hydrogen-bond acceptors (Lipinski definition) is 3. The molecule has 4 heteroatoms. The number of ether oxygens (including phenoxy) is 1. The van der Waals surface area contributed by atoms with Gasteiger partial charge in [-0.25, -0.2) is 0 Å². The van der Waals surface area contributed by atoms with Gasteiger partial charge in [0.2, 0.25) is 5.91 Å². The number of carbonyl (C=O) groups excluding carboxylic acids is 1. The Morgan fingerprint density at radius 1 is 1.38 bits per heavy atom. The number of nitrogens with zero attached hydrogens (tertiary/aromatic N) is 1. The van der Waals surface area contributed by atoms with E-state index >= 15 is 0 Å². The van der Waals surface area contributed by atoms with Gasteiger partial charge >= 0.3 is 0 Å². The topological polar surface area (TPSA) is 55.6 Å². The number of carbonyl (C=O) groups is 1. The second-order valence-electron chi connectivity index (χ2n) is 4.74. The molecule has 1 saturated heterocycles. The molecule has 1 aliphatic heterocycles. The van der Waals surface area contributed by atoms with Crippen molar-refractivity contribution in [2.75, 3.05) is 19.7 Å². The third kappa shape index (κ3) is 2.55. The molecule has 1 heterocycles. The molecule has 2 rings (SSSR count). The zero-order chi connectivity index (χ0) is 11.4. The van der Waals surface area contributed by atoms with Crippen LogP contribution in [0.25, 0.3) is 0 Å². The number of hydrogen-bond donors (Lipinski definition) is 1. The molecule has 1 saturated carbocycles. The Kier molecular flexibility index (Phi) is 4.18. The van der Waals surface area contributed by atoms with Crippen molar-refractivity contribution in [3.05, 3.63) is 0 Å². The molecule has 2 fully saturated rings. The number of morpholine rings is 1. The van der Waals surface area contributed by atoms with Gasteiger partial charge in [-0.3, -0.25) is 4.79 Å². The molecule has 2 unspecified atom stereocenters. The van der Waals surface area contributed by atoms with E-state index in [1.54, 1.807) is 0 Å². The summed E-state index contributed by atoms with van der Waals surface area (Å²) in [5, 5.41) is 0. The van der Waals surface area contributed by atoms with Gasteiger partial charge in [0.05, 0.1) is 18.8 Å². The Morgan fingerprint density at radius 2 is 2.19 bits per heavy atom. The number of rotatable bonds is 3. The van der Waals surface area contributed by atoms with Crippen LogP contribution in [-0.4, -0.2) is 42.6 Å². The van der Waals surface area contributed by atoms with Crippen LogP contribution in [-0.2, 0) is 9.53 Å². The van der Waals surface area contributed by atoms with Crippen molar-refractivity contribution >= 4 is 5.91 Å². The van der Waals surface area contributed by atoms with E-state index in [0.29, 0.717) is 31.7 Å². The summed E-state index contributed by atoms with van der Waals surface area (Å²) in [5.74, 6) is 0.269. The third-order valence-electron chi connectivity index (χ3n) is 3.65. The van der Waals surface area contributed by atoms with Crippen molar-refractivity contribution in [2.24, 2.45) is 5.73 Å². The van der Waals surface area contributed by atoms with Crippen molar-refractivity contribution in [3.8, 4) is 0 Å². The van der Waals surface area contributed by atoms with Gasteiger partial charge in [0.1, 0.15) is 0 Å². The van der Waals surface area contributed by atoms with Gasteiger partial charge in [-0.15, -0.1) is 0 Å². The van der Waals surface area contributed by atoms with E-state index < -0.39 is 0 Å². The van der Waals surface area contributed by atoms with Crippen LogP contribution >= 0.6 is 0 Å². The van der Waals surface area contributed by atoms with E-state index in [1.165, 1.54) is 12.8 Å². The van der Waals surface area contributed by atoms with Gasteiger partial charge in [0.15, 0.2) is 0 Å². The van der Waals surface area contributed by atoms with Gasteiger partial charge in [0.25, 0.3) is 0 Å². The second kappa shape index (κ2) is 5.64. The normalized spacial score (nSPS) is 29.9. The second-order valence-corrected chi connectivity index (χ2v) is 4.74. The lowest BCUT2D eigenvalue weighted by Gasteiger charge is -2.43. The number of amides is 1. The lowest BCUT2D eigenvalue weighted by molar-refractivity contribution is -0.149. The van der Waals surface area contributed by atoms with Crippen LogP contribution in [0.1, 0.15) is 38.5 Å². The van der Waals surface area contributed by atoms with Crippen LogP contribution in [0, 0.1) is 0 Å². The molecule has 1 amide bonds. The van der Waals surface area contributed by atoms with Crippen molar-refractivity contribution in [1.82, 2.24) is 4.90 Å². The maximum Gasteiger partial charge on any atom is 0.223 e. The molecule has 4 nitrogen and oxygen atoms in total. The highest BCUT2D eigenvalue weighted by molar-refractivity contribution is 5.76. The Labute approximate surface area is 97.1 Å². The Bertz CT molecular complexity index is 243. The van der Waals surface area contributed by atoms with Crippen molar-refractivity contribution in [3.63, 3.8) is 0 Å². The van der Waals surface area contributed by atoms with E-state index in [0.717, 1.165) is 25.8 Å². The molecule has 2 aliphatic rings. The first kappa shape index (κ1) is 11.9. The fourth-order valence-corrected chi connectivity index (χ4v) is 2.80. The molecule has 0 spiro atoms. The lowest BCUT2D eigenvalue weighted by Crippen LogP contribution is -2.54. The molecule has 0 aromatic carbocycles. The van der Waals surface area contributed by atoms with Crippen LogP contribution in [0.15, 0.2) is 0 Å². The van der Waals surface area contributed by atoms with Crippen molar-refractivity contribution in [2.45, 2.75) is 50.7 Å². The highest BCUT2D eigenvalue weighted by Gasteiger charge is 2.36. The average Bonchev–Trinajstić information content (AvgIpc) is 2.35. The van der Waals surface area contributed by atoms with Gasteiger partial charge in [-0.1, -0.05) is 12.8 Å². The molecular weight excluding hydrogens is 204 g/mol. The summed E-state index contributed by atoms with van der Waals surface area (Å²) in [6, 6.07) is 0.341. The molecular formula is C12H22N2O2. The summed E-state index contributed by atoms with van der Waals surface area (Å²) in [6.45, 7) is 2.07. The van der Waals surface area contributed by atoms with E-state index in [2.05, 4.69) is 0 Å². The van der Waals surface area contributed by atoms with E-state index in [1.807, 2.05) is 4.90 Å². The monoisotopic (exact) mass is 226 g/mol. The molecule has 2 atom stereocenters. The minimum absolute atomic E-state index is 0.269. The standard InChI is InChI=1S/C12H22N2O2/c13-7-3-6-12(15)14-8-9-16-11-5-2-1-4-10(11)14/h10-11H,1-9,13H2. The van der Waals surface area contributed by atoms with Crippen LogP contribution in [0.5, 0.6) is 0 Å². The largest absolute Gasteiger partial charge is 0.374 e. The summed E-state index contributed by atoms with van der Waals surface area (Å²) in [4.78, 5) is 14.1. The smallest absolute Gasteiger partial charge is 0.223 e. The predicted molar refractivity (Wildman–Crippen MR) is 62.0 cm³/mol. The molecule has 2 N–H and O–H groups in total. The fraction of sp³-hybridized carbons (Fsp3) is 0.917. The summed E-state index contributed by atoms with van der Waals surface area (Å²) in [5.41, 5.74) is 5.44. The fourth-order valence-electron chi connectivity index (χ4n) is 2.80. The molecule has 0 aromatic rings.